The van der Waals surface area contributed by atoms with E-state index in [1.54, 1.807) is 4.90 Å². The molecule has 110 valence electrons. The number of carboxylic acid groups (broad SMARTS) is 1. The summed E-state index contributed by atoms with van der Waals surface area (Å²) in [6.07, 6.45) is 0.520. The molecule has 1 aromatic carbocycles. The van der Waals surface area contributed by atoms with Gasteiger partial charge in [-0.2, -0.15) is 0 Å². The largest absolute Gasteiger partial charge is 0.481 e. The summed E-state index contributed by atoms with van der Waals surface area (Å²) in [4.78, 5) is 24.4. The van der Waals surface area contributed by atoms with Crippen LogP contribution < -0.4 is 5.32 Å². The van der Waals surface area contributed by atoms with Gasteiger partial charge in [-0.05, 0) is 55.0 Å². The van der Waals surface area contributed by atoms with Crippen LogP contribution in [-0.2, 0) is 4.79 Å². The van der Waals surface area contributed by atoms with Gasteiger partial charge in [0.2, 0.25) is 0 Å². The molecule has 0 bridgehead atoms. The first-order chi connectivity index (χ1) is 9.41. The van der Waals surface area contributed by atoms with E-state index in [1.165, 1.54) is 0 Å². The van der Waals surface area contributed by atoms with Crippen LogP contribution in [-0.4, -0.2) is 34.6 Å². The number of anilines is 1. The summed E-state index contributed by atoms with van der Waals surface area (Å²) in [5, 5.41) is 11.5. The van der Waals surface area contributed by atoms with Gasteiger partial charge in [-0.15, -0.1) is 0 Å². The molecular formula is C14H19IN2O3. The van der Waals surface area contributed by atoms with Crippen LogP contribution in [0.25, 0.3) is 0 Å². The van der Waals surface area contributed by atoms with E-state index >= 15 is 0 Å². The number of amides is 2. The molecule has 2 amide bonds. The van der Waals surface area contributed by atoms with Crippen LogP contribution in [0.2, 0.25) is 0 Å². The maximum absolute atomic E-state index is 12.2. The lowest BCUT2D eigenvalue weighted by molar-refractivity contribution is -0.137. The van der Waals surface area contributed by atoms with Gasteiger partial charge in [0.15, 0.2) is 0 Å². The molecule has 1 rings (SSSR count). The molecule has 0 aliphatic carbocycles. The van der Waals surface area contributed by atoms with E-state index in [-0.39, 0.29) is 18.5 Å². The van der Waals surface area contributed by atoms with E-state index < -0.39 is 5.97 Å². The summed E-state index contributed by atoms with van der Waals surface area (Å²) < 4.78 is 0.965. The maximum atomic E-state index is 12.2. The number of hydrogen-bond donors (Lipinski definition) is 2. The van der Waals surface area contributed by atoms with E-state index in [4.69, 9.17) is 5.11 Å². The van der Waals surface area contributed by atoms with Crippen molar-refractivity contribution < 1.29 is 14.7 Å². The van der Waals surface area contributed by atoms with Crippen LogP contribution in [0.3, 0.4) is 0 Å². The average Bonchev–Trinajstić information content (AvgIpc) is 2.36. The van der Waals surface area contributed by atoms with Gasteiger partial charge in [0.25, 0.3) is 0 Å². The highest BCUT2D eigenvalue weighted by atomic mass is 127. The van der Waals surface area contributed by atoms with Crippen molar-refractivity contribution >= 4 is 40.3 Å². The molecule has 0 radical (unpaired) electrons. The summed E-state index contributed by atoms with van der Waals surface area (Å²) in [6, 6.07) is 7.35. The summed E-state index contributed by atoms with van der Waals surface area (Å²) >= 11 is 2.16. The van der Waals surface area contributed by atoms with E-state index in [0.29, 0.717) is 13.0 Å². The van der Waals surface area contributed by atoms with Crippen molar-refractivity contribution in [1.29, 1.82) is 0 Å². The molecule has 0 aromatic heterocycles. The molecule has 1 aromatic rings. The highest BCUT2D eigenvalue weighted by Gasteiger charge is 2.17. The number of carbonyl (C=O) groups is 2. The molecule has 2 N–H and O–H groups in total. The van der Waals surface area contributed by atoms with Crippen molar-refractivity contribution in [3.05, 3.63) is 27.8 Å². The fourth-order valence-electron chi connectivity index (χ4n) is 1.74. The molecular weight excluding hydrogens is 371 g/mol. The Labute approximate surface area is 132 Å². The Kier molecular flexibility index (Phi) is 6.77. The van der Waals surface area contributed by atoms with Crippen molar-refractivity contribution in [2.75, 3.05) is 11.9 Å². The van der Waals surface area contributed by atoms with Gasteiger partial charge in [-0.25, -0.2) is 4.79 Å². The standard InChI is InChI=1S/C14H19IN2O3/c1-10(2)17(9-5-8-13(18)19)14(20)16-12-7-4-3-6-11(12)15/h3-4,6-7,10H,5,8-9H2,1-2H3,(H,16,20)(H,18,19). The highest BCUT2D eigenvalue weighted by molar-refractivity contribution is 14.1. The number of urea groups is 1. The normalized spacial score (nSPS) is 10.4. The van der Waals surface area contributed by atoms with Crippen LogP contribution >= 0.6 is 22.6 Å². The molecule has 5 nitrogen and oxygen atoms in total. The van der Waals surface area contributed by atoms with Crippen molar-refractivity contribution in [2.24, 2.45) is 0 Å². The molecule has 0 unspecified atom stereocenters. The molecule has 0 saturated carbocycles. The van der Waals surface area contributed by atoms with E-state index in [1.807, 2.05) is 38.1 Å². The topological polar surface area (TPSA) is 69.6 Å². The van der Waals surface area contributed by atoms with Gasteiger partial charge in [-0.3, -0.25) is 4.79 Å². The molecule has 0 aliphatic heterocycles. The minimum absolute atomic E-state index is 0.0187. The van der Waals surface area contributed by atoms with Crippen LogP contribution in [0.5, 0.6) is 0 Å². The van der Waals surface area contributed by atoms with Gasteiger partial charge in [-0.1, -0.05) is 12.1 Å². The number of nitrogens with zero attached hydrogens (tertiary/aromatic N) is 1. The number of aliphatic carboxylic acids is 1. The SMILES string of the molecule is CC(C)N(CCCC(=O)O)C(=O)Nc1ccccc1I. The summed E-state index contributed by atoms with van der Waals surface area (Å²) in [5.74, 6) is -0.841. The number of rotatable bonds is 6. The number of hydrogen-bond acceptors (Lipinski definition) is 2. The fourth-order valence-corrected chi connectivity index (χ4v) is 2.27. The molecule has 0 saturated heterocycles. The first-order valence-electron chi connectivity index (χ1n) is 6.45. The summed E-state index contributed by atoms with van der Waals surface area (Å²) in [6.45, 7) is 4.26. The molecule has 0 spiro atoms. The summed E-state index contributed by atoms with van der Waals surface area (Å²) in [5.41, 5.74) is 0.766. The van der Waals surface area contributed by atoms with Crippen LogP contribution in [0.4, 0.5) is 10.5 Å². The Bertz CT molecular complexity index is 477. The third-order valence-corrected chi connectivity index (χ3v) is 3.73. The third kappa shape index (κ3) is 5.36. The predicted octanol–water partition coefficient (Wildman–Crippen LogP) is 3.40. The zero-order valence-electron chi connectivity index (χ0n) is 11.6. The number of para-hydroxylation sites is 1. The smallest absolute Gasteiger partial charge is 0.322 e. The lowest BCUT2D eigenvalue weighted by Crippen LogP contribution is -2.41. The molecule has 20 heavy (non-hydrogen) atoms. The Hall–Kier alpha value is -1.31. The molecule has 6 heteroatoms. The van der Waals surface area contributed by atoms with E-state index in [0.717, 1.165) is 9.26 Å². The number of carbonyl (C=O) groups excluding carboxylic acids is 1. The van der Waals surface area contributed by atoms with Crippen molar-refractivity contribution in [1.82, 2.24) is 4.90 Å². The number of carboxylic acids is 1. The quantitative estimate of drug-likeness (QED) is 0.732. The minimum atomic E-state index is -0.841. The second-order valence-corrected chi connectivity index (χ2v) is 5.86. The zero-order valence-corrected chi connectivity index (χ0v) is 13.8. The van der Waals surface area contributed by atoms with Gasteiger partial charge < -0.3 is 15.3 Å². The second-order valence-electron chi connectivity index (χ2n) is 4.69. The lowest BCUT2D eigenvalue weighted by Gasteiger charge is -2.27. The van der Waals surface area contributed by atoms with Crippen molar-refractivity contribution in [3.8, 4) is 0 Å². The molecule has 0 fully saturated rings. The first kappa shape index (κ1) is 16.7. The number of halogens is 1. The molecule has 0 aliphatic rings. The van der Waals surface area contributed by atoms with E-state index in [2.05, 4.69) is 27.9 Å². The van der Waals surface area contributed by atoms with Crippen LogP contribution in [0.15, 0.2) is 24.3 Å². The zero-order chi connectivity index (χ0) is 15.1. The minimum Gasteiger partial charge on any atom is -0.481 e. The average molecular weight is 390 g/mol. The lowest BCUT2D eigenvalue weighted by atomic mass is 10.2. The maximum Gasteiger partial charge on any atom is 0.322 e. The highest BCUT2D eigenvalue weighted by Crippen LogP contribution is 2.18. The predicted molar refractivity (Wildman–Crippen MR) is 86.9 cm³/mol. The van der Waals surface area contributed by atoms with Gasteiger partial charge >= 0.3 is 12.0 Å². The van der Waals surface area contributed by atoms with Crippen LogP contribution in [0.1, 0.15) is 26.7 Å². The monoisotopic (exact) mass is 390 g/mol. The third-order valence-electron chi connectivity index (χ3n) is 2.79. The fraction of sp³-hybridized carbons (Fsp3) is 0.429. The van der Waals surface area contributed by atoms with Crippen molar-refractivity contribution in [2.45, 2.75) is 32.7 Å². The Morgan fingerprint density at radius 2 is 2.00 bits per heavy atom. The van der Waals surface area contributed by atoms with Gasteiger partial charge in [0, 0.05) is 22.6 Å². The van der Waals surface area contributed by atoms with Crippen LogP contribution in [0, 0.1) is 3.57 Å². The molecule has 0 heterocycles. The Balaban J connectivity index is 2.65. The second kappa shape index (κ2) is 8.08. The number of nitrogens with one attached hydrogen (secondary N) is 1. The molecule has 0 atom stereocenters. The summed E-state index contributed by atoms with van der Waals surface area (Å²) in [7, 11) is 0. The van der Waals surface area contributed by atoms with Crippen molar-refractivity contribution in [3.63, 3.8) is 0 Å². The van der Waals surface area contributed by atoms with Gasteiger partial charge in [0.05, 0.1) is 5.69 Å². The number of benzene rings is 1. The van der Waals surface area contributed by atoms with Gasteiger partial charge in [0.1, 0.15) is 0 Å². The Morgan fingerprint density at radius 1 is 1.35 bits per heavy atom. The Morgan fingerprint density at radius 3 is 2.55 bits per heavy atom. The first-order valence-corrected chi connectivity index (χ1v) is 7.53. The van der Waals surface area contributed by atoms with E-state index in [9.17, 15) is 9.59 Å².